The van der Waals surface area contributed by atoms with Crippen LogP contribution in [0.1, 0.15) is 181 Å². The summed E-state index contributed by atoms with van der Waals surface area (Å²) >= 11 is 0. The maximum atomic E-state index is 12.4. The zero-order valence-corrected chi connectivity index (χ0v) is 27.3. The first kappa shape index (κ1) is 39.4. The van der Waals surface area contributed by atoms with Crippen LogP contribution in [-0.2, 0) is 14.4 Å². The van der Waals surface area contributed by atoms with Crippen LogP contribution in [0.4, 0.5) is 0 Å². The van der Waals surface area contributed by atoms with Crippen molar-refractivity contribution in [3.8, 4) is 0 Å². The number of rotatable bonds is 30. The van der Waals surface area contributed by atoms with Gasteiger partial charge < -0.3 is 11.1 Å². The van der Waals surface area contributed by atoms with E-state index >= 15 is 0 Å². The summed E-state index contributed by atoms with van der Waals surface area (Å²) < 4.78 is 0. The fourth-order valence-corrected chi connectivity index (χ4v) is 5.20. The molecule has 0 saturated heterocycles. The second-order valence-corrected chi connectivity index (χ2v) is 12.0. The maximum absolute atomic E-state index is 12.4. The van der Waals surface area contributed by atoms with E-state index in [0.717, 1.165) is 37.1 Å². The molecular weight excluding hydrogens is 512 g/mol. The van der Waals surface area contributed by atoms with Crippen molar-refractivity contribution < 1.29 is 14.4 Å². The average Bonchev–Trinajstić information content (AvgIpc) is 2.97. The minimum Gasteiger partial charge on any atom is -0.354 e. The molecule has 0 heterocycles. The molecule has 0 saturated carbocycles. The number of amides is 3. The molecule has 0 aliphatic heterocycles. The molecule has 0 rings (SSSR count). The summed E-state index contributed by atoms with van der Waals surface area (Å²) in [5.41, 5.74) is 8.09. The van der Waals surface area contributed by atoms with Gasteiger partial charge in [-0.25, -0.2) is 5.01 Å². The van der Waals surface area contributed by atoms with Crippen LogP contribution in [0.25, 0.3) is 0 Å². The molecule has 0 aromatic heterocycles. The Morgan fingerprint density at radius 2 is 0.878 bits per heavy atom. The van der Waals surface area contributed by atoms with Gasteiger partial charge in [0, 0.05) is 13.0 Å². The number of nitrogens with two attached hydrogens (primary N) is 1. The molecule has 0 radical (unpaired) electrons. The van der Waals surface area contributed by atoms with Gasteiger partial charge in [-0.3, -0.25) is 19.8 Å². The van der Waals surface area contributed by atoms with Crippen molar-refractivity contribution in [2.24, 2.45) is 5.73 Å². The third kappa shape index (κ3) is 28.3. The molecule has 0 fully saturated rings. The molecule has 0 spiro atoms. The van der Waals surface area contributed by atoms with Gasteiger partial charge in [-0.05, 0) is 12.8 Å². The van der Waals surface area contributed by atoms with Gasteiger partial charge in [-0.1, -0.05) is 162 Å². The van der Waals surface area contributed by atoms with Gasteiger partial charge in [0.15, 0.2) is 0 Å². The summed E-state index contributed by atoms with van der Waals surface area (Å²) in [4.78, 5) is 36.9. The highest BCUT2D eigenvalue weighted by Crippen LogP contribution is 2.14. The fourth-order valence-electron chi connectivity index (χ4n) is 5.20. The number of hydrazine groups is 1. The number of unbranched alkanes of at least 4 members (excludes halogenated alkanes) is 23. The Morgan fingerprint density at radius 1 is 0.512 bits per heavy atom. The Morgan fingerprint density at radius 3 is 1.27 bits per heavy atom. The number of nitrogens with zero attached hydrogens (tertiary/aromatic N) is 1. The van der Waals surface area contributed by atoms with Gasteiger partial charge in [-0.15, -0.1) is 0 Å². The molecule has 3 amide bonds. The Labute approximate surface area is 253 Å². The lowest BCUT2D eigenvalue weighted by Crippen LogP contribution is -2.52. The van der Waals surface area contributed by atoms with E-state index in [1.807, 2.05) is 0 Å². The lowest BCUT2D eigenvalue weighted by molar-refractivity contribution is -0.143. The summed E-state index contributed by atoms with van der Waals surface area (Å²) in [5.74, 6) is -0.956. The lowest BCUT2D eigenvalue weighted by Gasteiger charge is -2.22. The summed E-state index contributed by atoms with van der Waals surface area (Å²) in [6, 6.07) is 0. The molecule has 0 unspecified atom stereocenters. The predicted molar refractivity (Wildman–Crippen MR) is 173 cm³/mol. The van der Waals surface area contributed by atoms with Crippen LogP contribution in [0.15, 0.2) is 0 Å². The zero-order chi connectivity index (χ0) is 30.2. The Hall–Kier alpha value is -1.63. The van der Waals surface area contributed by atoms with Crippen LogP contribution in [0.2, 0.25) is 0 Å². The first-order valence-electron chi connectivity index (χ1n) is 17.6. The van der Waals surface area contributed by atoms with Crippen molar-refractivity contribution in [1.82, 2.24) is 15.8 Å². The highest BCUT2D eigenvalue weighted by Gasteiger charge is 2.18. The molecule has 242 valence electrons. The molecular formula is C34H68N4O3. The van der Waals surface area contributed by atoms with E-state index in [2.05, 4.69) is 24.6 Å². The monoisotopic (exact) mass is 581 g/mol. The summed E-state index contributed by atoms with van der Waals surface area (Å²) in [6.45, 7) is 4.66. The van der Waals surface area contributed by atoms with E-state index in [9.17, 15) is 14.4 Å². The minimum absolute atomic E-state index is 0.196. The van der Waals surface area contributed by atoms with Crippen molar-refractivity contribution in [3.63, 3.8) is 0 Å². The molecule has 0 aliphatic rings. The van der Waals surface area contributed by atoms with Gasteiger partial charge in [0.25, 0.3) is 5.91 Å². The normalized spacial score (nSPS) is 11.0. The summed E-state index contributed by atoms with van der Waals surface area (Å²) in [5, 5.41) is 3.94. The summed E-state index contributed by atoms with van der Waals surface area (Å²) in [7, 11) is 0. The van der Waals surface area contributed by atoms with E-state index in [0.29, 0.717) is 13.0 Å². The Balaban J connectivity index is 3.78. The molecule has 4 N–H and O–H groups in total. The highest BCUT2D eigenvalue weighted by molar-refractivity contribution is 5.87. The number of carbonyl (C=O) groups is 3. The Bertz CT molecular complexity index is 615. The van der Waals surface area contributed by atoms with Crippen LogP contribution in [0, 0.1) is 0 Å². The topological polar surface area (TPSA) is 105 Å². The number of carbonyl (C=O) groups excluding carboxylic acids is 3. The SMILES string of the molecule is CCCCCCCCCCCCCCCCCC(=O)NN(CC(=O)NCCCCCCCCCCCC)C(=O)CN. The van der Waals surface area contributed by atoms with Gasteiger partial charge in [0.05, 0.1) is 6.54 Å². The smallest absolute Gasteiger partial charge is 0.255 e. The number of hydrogen-bond acceptors (Lipinski definition) is 4. The Kier molecular flexibility index (Phi) is 30.1. The molecule has 0 bridgehead atoms. The van der Waals surface area contributed by atoms with Crippen molar-refractivity contribution in [2.75, 3.05) is 19.6 Å². The second kappa shape index (κ2) is 31.3. The van der Waals surface area contributed by atoms with E-state index in [1.54, 1.807) is 0 Å². The standard InChI is InChI=1S/C34H68N4O3/c1-3-5-7-9-11-13-15-16-17-18-19-20-22-24-26-28-32(39)37-38(34(41)30-35)31-33(40)36-29-27-25-23-21-14-12-10-8-6-4-2/h3-31,35H2,1-2H3,(H,36,40)(H,37,39). The van der Waals surface area contributed by atoms with Crippen molar-refractivity contribution in [1.29, 1.82) is 0 Å². The van der Waals surface area contributed by atoms with Gasteiger partial charge in [0.2, 0.25) is 11.8 Å². The zero-order valence-electron chi connectivity index (χ0n) is 27.3. The van der Waals surface area contributed by atoms with Crippen molar-refractivity contribution in [3.05, 3.63) is 0 Å². The third-order valence-corrected chi connectivity index (χ3v) is 7.90. The third-order valence-electron chi connectivity index (χ3n) is 7.90. The molecule has 41 heavy (non-hydrogen) atoms. The van der Waals surface area contributed by atoms with E-state index in [4.69, 9.17) is 5.73 Å². The van der Waals surface area contributed by atoms with Gasteiger partial charge in [-0.2, -0.15) is 0 Å². The van der Waals surface area contributed by atoms with Crippen LogP contribution in [-0.4, -0.2) is 42.4 Å². The molecule has 0 aromatic carbocycles. The quantitative estimate of drug-likeness (QED) is 0.0589. The lowest BCUT2D eigenvalue weighted by atomic mass is 10.0. The highest BCUT2D eigenvalue weighted by atomic mass is 16.2. The molecule has 7 nitrogen and oxygen atoms in total. The average molecular weight is 581 g/mol. The molecule has 0 aliphatic carbocycles. The molecule has 0 aromatic rings. The van der Waals surface area contributed by atoms with Crippen molar-refractivity contribution in [2.45, 2.75) is 181 Å². The van der Waals surface area contributed by atoms with E-state index < -0.39 is 5.91 Å². The number of nitrogens with one attached hydrogen (secondary N) is 2. The van der Waals surface area contributed by atoms with Crippen molar-refractivity contribution >= 4 is 17.7 Å². The van der Waals surface area contributed by atoms with Gasteiger partial charge >= 0.3 is 0 Å². The molecule has 7 heteroatoms. The van der Waals surface area contributed by atoms with Crippen LogP contribution in [0.5, 0.6) is 0 Å². The van der Waals surface area contributed by atoms with Crippen LogP contribution in [0.3, 0.4) is 0 Å². The largest absolute Gasteiger partial charge is 0.354 e. The van der Waals surface area contributed by atoms with E-state index in [-0.39, 0.29) is 24.9 Å². The first-order valence-corrected chi connectivity index (χ1v) is 17.6. The minimum atomic E-state index is -0.455. The van der Waals surface area contributed by atoms with Crippen LogP contribution < -0.4 is 16.5 Å². The predicted octanol–water partition coefficient (Wildman–Crippen LogP) is 8.10. The first-order chi connectivity index (χ1) is 20.0. The second-order valence-electron chi connectivity index (χ2n) is 12.0. The molecule has 0 atom stereocenters. The fraction of sp³-hybridized carbons (Fsp3) is 0.912. The summed E-state index contributed by atoms with van der Waals surface area (Å²) in [6.07, 6.45) is 31.9. The van der Waals surface area contributed by atoms with E-state index in [1.165, 1.54) is 128 Å². The van der Waals surface area contributed by atoms with Crippen LogP contribution >= 0.6 is 0 Å². The van der Waals surface area contributed by atoms with Gasteiger partial charge in [0.1, 0.15) is 6.54 Å². The number of hydrogen-bond donors (Lipinski definition) is 3. The maximum Gasteiger partial charge on any atom is 0.255 e.